The molecule has 0 radical (unpaired) electrons. The maximum absolute atomic E-state index is 12.2. The highest BCUT2D eigenvalue weighted by atomic mass is 16.2. The molecular formula is C13H16N2O. The van der Waals surface area contributed by atoms with Crippen LogP contribution in [0.2, 0.25) is 0 Å². The molecule has 0 aliphatic carbocycles. The van der Waals surface area contributed by atoms with Gasteiger partial charge in [0.15, 0.2) is 0 Å². The highest BCUT2D eigenvalue weighted by molar-refractivity contribution is 5.98. The summed E-state index contributed by atoms with van der Waals surface area (Å²) < 4.78 is 0. The van der Waals surface area contributed by atoms with Crippen LogP contribution >= 0.6 is 0 Å². The van der Waals surface area contributed by atoms with E-state index in [1.807, 2.05) is 23.1 Å². The molecule has 16 heavy (non-hydrogen) atoms. The van der Waals surface area contributed by atoms with E-state index < -0.39 is 0 Å². The predicted molar refractivity (Wildman–Crippen MR) is 62.2 cm³/mol. The fraction of sp³-hybridized carbons (Fsp3) is 0.462. The van der Waals surface area contributed by atoms with Crippen LogP contribution in [0.4, 0.5) is 0 Å². The lowest BCUT2D eigenvalue weighted by Crippen LogP contribution is -2.46. The fourth-order valence-corrected chi connectivity index (χ4v) is 2.67. The number of amides is 1. The predicted octanol–water partition coefficient (Wildman–Crippen LogP) is 1.39. The quantitative estimate of drug-likeness (QED) is 0.769. The Kier molecular flexibility index (Phi) is 2.40. The van der Waals surface area contributed by atoms with Gasteiger partial charge in [0.2, 0.25) is 0 Å². The molecule has 1 aromatic rings. The van der Waals surface area contributed by atoms with E-state index in [4.69, 9.17) is 0 Å². The summed E-state index contributed by atoms with van der Waals surface area (Å²) in [5.41, 5.74) is 2.08. The number of fused-ring (bicyclic) bond motifs is 1. The Labute approximate surface area is 95.4 Å². The number of rotatable bonds is 1. The van der Waals surface area contributed by atoms with Gasteiger partial charge in [0.1, 0.15) is 0 Å². The largest absolute Gasteiger partial charge is 0.330 e. The summed E-state index contributed by atoms with van der Waals surface area (Å²) >= 11 is 0. The molecule has 0 bridgehead atoms. The van der Waals surface area contributed by atoms with Gasteiger partial charge in [-0.15, -0.1) is 0 Å². The highest BCUT2D eigenvalue weighted by Gasteiger charge is 2.32. The number of carbonyl (C=O) groups excluding carboxylic acids is 1. The van der Waals surface area contributed by atoms with Crippen molar-refractivity contribution in [2.75, 3.05) is 13.1 Å². The maximum Gasteiger partial charge on any atom is 0.254 e. The van der Waals surface area contributed by atoms with Crippen LogP contribution in [0.25, 0.3) is 0 Å². The SMILES string of the molecule is O=C1c2ccccc2CN1[C@H]1CCCNC1. The second-order valence-corrected chi connectivity index (χ2v) is 4.59. The summed E-state index contributed by atoms with van der Waals surface area (Å²) in [5.74, 6) is 0.212. The van der Waals surface area contributed by atoms with Gasteiger partial charge in [-0.1, -0.05) is 18.2 Å². The van der Waals surface area contributed by atoms with E-state index in [9.17, 15) is 4.79 Å². The second-order valence-electron chi connectivity index (χ2n) is 4.59. The second kappa shape index (κ2) is 3.91. The molecule has 84 valence electrons. The lowest BCUT2D eigenvalue weighted by Gasteiger charge is -2.31. The lowest BCUT2D eigenvalue weighted by molar-refractivity contribution is 0.0674. The van der Waals surface area contributed by atoms with Crippen LogP contribution in [0.5, 0.6) is 0 Å². The van der Waals surface area contributed by atoms with Gasteiger partial charge in [-0.05, 0) is 31.0 Å². The van der Waals surface area contributed by atoms with Gasteiger partial charge in [0, 0.05) is 24.7 Å². The van der Waals surface area contributed by atoms with Gasteiger partial charge in [-0.3, -0.25) is 4.79 Å². The van der Waals surface area contributed by atoms with E-state index in [2.05, 4.69) is 11.4 Å². The topological polar surface area (TPSA) is 32.3 Å². The Morgan fingerprint density at radius 2 is 2.19 bits per heavy atom. The molecule has 1 fully saturated rings. The summed E-state index contributed by atoms with van der Waals surface area (Å²) in [6.07, 6.45) is 2.30. The third kappa shape index (κ3) is 1.52. The van der Waals surface area contributed by atoms with Crippen molar-refractivity contribution in [3.05, 3.63) is 35.4 Å². The summed E-state index contributed by atoms with van der Waals surface area (Å²) in [7, 11) is 0. The molecule has 3 heteroatoms. The number of hydrogen-bond acceptors (Lipinski definition) is 2. The smallest absolute Gasteiger partial charge is 0.254 e. The molecule has 3 nitrogen and oxygen atoms in total. The molecule has 2 aliphatic rings. The van der Waals surface area contributed by atoms with E-state index in [0.29, 0.717) is 6.04 Å². The van der Waals surface area contributed by atoms with E-state index >= 15 is 0 Å². The van der Waals surface area contributed by atoms with Crippen molar-refractivity contribution in [2.45, 2.75) is 25.4 Å². The van der Waals surface area contributed by atoms with Crippen LogP contribution in [0, 0.1) is 0 Å². The van der Waals surface area contributed by atoms with Crippen molar-refractivity contribution in [3.63, 3.8) is 0 Å². The van der Waals surface area contributed by atoms with Crippen LogP contribution in [0.1, 0.15) is 28.8 Å². The molecule has 1 aromatic carbocycles. The molecule has 0 saturated carbocycles. The Balaban J connectivity index is 1.83. The molecule has 1 amide bonds. The molecule has 1 saturated heterocycles. The zero-order valence-corrected chi connectivity index (χ0v) is 9.28. The number of carbonyl (C=O) groups is 1. The van der Waals surface area contributed by atoms with Crippen molar-refractivity contribution >= 4 is 5.91 Å². The number of piperidine rings is 1. The van der Waals surface area contributed by atoms with E-state index in [-0.39, 0.29) is 5.91 Å². The summed E-state index contributed by atoms with van der Waals surface area (Å²) in [5, 5.41) is 3.37. The zero-order valence-electron chi connectivity index (χ0n) is 9.28. The Hall–Kier alpha value is -1.35. The Morgan fingerprint density at radius 3 is 2.94 bits per heavy atom. The Morgan fingerprint density at radius 1 is 1.31 bits per heavy atom. The monoisotopic (exact) mass is 216 g/mol. The minimum absolute atomic E-state index is 0.212. The zero-order chi connectivity index (χ0) is 11.0. The molecule has 0 unspecified atom stereocenters. The first-order valence-corrected chi connectivity index (χ1v) is 5.96. The molecule has 3 rings (SSSR count). The molecular weight excluding hydrogens is 200 g/mol. The first kappa shape index (κ1) is 9.85. The third-order valence-corrected chi connectivity index (χ3v) is 3.56. The molecule has 2 aliphatic heterocycles. The molecule has 0 aromatic heterocycles. The van der Waals surface area contributed by atoms with Crippen LogP contribution in [0.3, 0.4) is 0 Å². The van der Waals surface area contributed by atoms with Gasteiger partial charge in [-0.25, -0.2) is 0 Å². The average Bonchev–Trinajstić information content (AvgIpc) is 2.69. The fourth-order valence-electron chi connectivity index (χ4n) is 2.67. The first-order valence-electron chi connectivity index (χ1n) is 5.96. The van der Waals surface area contributed by atoms with Gasteiger partial charge in [-0.2, -0.15) is 0 Å². The van der Waals surface area contributed by atoms with Crippen molar-refractivity contribution < 1.29 is 4.79 Å². The van der Waals surface area contributed by atoms with E-state index in [1.165, 1.54) is 12.0 Å². The molecule has 0 spiro atoms. The Bertz CT molecular complexity index is 410. The first-order chi connectivity index (χ1) is 7.86. The van der Waals surface area contributed by atoms with E-state index in [1.54, 1.807) is 0 Å². The lowest BCUT2D eigenvalue weighted by atomic mass is 10.1. The van der Waals surface area contributed by atoms with Crippen molar-refractivity contribution in [1.29, 1.82) is 0 Å². The summed E-state index contributed by atoms with van der Waals surface area (Å²) in [6.45, 7) is 2.83. The van der Waals surface area contributed by atoms with Crippen LogP contribution < -0.4 is 5.32 Å². The van der Waals surface area contributed by atoms with Gasteiger partial charge >= 0.3 is 0 Å². The molecule has 1 atom stereocenters. The van der Waals surface area contributed by atoms with Crippen molar-refractivity contribution in [3.8, 4) is 0 Å². The van der Waals surface area contributed by atoms with Crippen LogP contribution in [-0.2, 0) is 6.54 Å². The number of benzene rings is 1. The number of nitrogens with zero attached hydrogens (tertiary/aromatic N) is 1. The van der Waals surface area contributed by atoms with Crippen LogP contribution in [0.15, 0.2) is 24.3 Å². The third-order valence-electron chi connectivity index (χ3n) is 3.56. The maximum atomic E-state index is 12.2. The van der Waals surface area contributed by atoms with Gasteiger partial charge in [0.25, 0.3) is 5.91 Å². The van der Waals surface area contributed by atoms with Gasteiger partial charge in [0.05, 0.1) is 0 Å². The van der Waals surface area contributed by atoms with Crippen molar-refractivity contribution in [2.24, 2.45) is 0 Å². The van der Waals surface area contributed by atoms with Crippen molar-refractivity contribution in [1.82, 2.24) is 10.2 Å². The standard InChI is InChI=1S/C13H16N2O/c16-13-12-6-2-1-4-10(12)9-15(13)11-5-3-7-14-8-11/h1-2,4,6,11,14H,3,5,7-9H2/t11-/m0/s1. The summed E-state index contributed by atoms with van der Waals surface area (Å²) in [4.78, 5) is 14.2. The normalized spacial score (nSPS) is 24.6. The van der Waals surface area contributed by atoms with E-state index in [0.717, 1.165) is 31.6 Å². The molecule has 2 heterocycles. The van der Waals surface area contributed by atoms with Crippen LogP contribution in [-0.4, -0.2) is 29.9 Å². The average molecular weight is 216 g/mol. The van der Waals surface area contributed by atoms with Gasteiger partial charge < -0.3 is 10.2 Å². The molecule has 1 N–H and O–H groups in total. The minimum atomic E-state index is 0.212. The minimum Gasteiger partial charge on any atom is -0.330 e. The number of hydrogen-bond donors (Lipinski definition) is 1. The highest BCUT2D eigenvalue weighted by Crippen LogP contribution is 2.26. The number of nitrogens with one attached hydrogen (secondary N) is 1. The summed E-state index contributed by atoms with van der Waals surface area (Å²) in [6, 6.07) is 8.33.